The monoisotopic (exact) mass is 327 g/mol. The van der Waals surface area contributed by atoms with E-state index in [1.807, 2.05) is 0 Å². The second-order valence-corrected chi connectivity index (χ2v) is 7.17. The van der Waals surface area contributed by atoms with Gasteiger partial charge in [-0.15, -0.1) is 0 Å². The molecular formula is C15H22BrNS. The van der Waals surface area contributed by atoms with Crippen LogP contribution >= 0.6 is 27.7 Å². The first-order chi connectivity index (χ1) is 8.79. The molecule has 0 bridgehead atoms. The van der Waals surface area contributed by atoms with Gasteiger partial charge in [0.25, 0.3) is 0 Å². The lowest BCUT2D eigenvalue weighted by molar-refractivity contribution is 0.472. The molecule has 2 unspecified atom stereocenters. The van der Waals surface area contributed by atoms with Crippen LogP contribution in [0.5, 0.6) is 0 Å². The van der Waals surface area contributed by atoms with E-state index in [1.54, 1.807) is 0 Å². The molecule has 1 N–H and O–H groups in total. The molecule has 3 heteroatoms. The van der Waals surface area contributed by atoms with Crippen molar-refractivity contribution in [3.05, 3.63) is 34.3 Å². The predicted molar refractivity (Wildman–Crippen MR) is 85.4 cm³/mol. The SMILES string of the molecule is CCNC(Cc1cccc(Br)c1)C1CCCCS1. The number of benzene rings is 1. The molecule has 18 heavy (non-hydrogen) atoms. The number of hydrogen-bond donors (Lipinski definition) is 1. The molecule has 1 aliphatic rings. The molecular weight excluding hydrogens is 306 g/mol. The lowest BCUT2D eigenvalue weighted by atomic mass is 9.99. The third-order valence-corrected chi connectivity index (χ3v) is 5.48. The van der Waals surface area contributed by atoms with E-state index in [0.717, 1.165) is 18.2 Å². The molecule has 1 nitrogen and oxygen atoms in total. The lowest BCUT2D eigenvalue weighted by Crippen LogP contribution is -2.41. The van der Waals surface area contributed by atoms with E-state index in [9.17, 15) is 0 Å². The largest absolute Gasteiger partial charge is 0.313 e. The van der Waals surface area contributed by atoms with Crippen LogP contribution in [0.1, 0.15) is 31.7 Å². The van der Waals surface area contributed by atoms with Crippen molar-refractivity contribution in [2.45, 2.75) is 43.9 Å². The first kappa shape index (κ1) is 14.4. The Balaban J connectivity index is 2.00. The van der Waals surface area contributed by atoms with Crippen molar-refractivity contribution >= 4 is 27.7 Å². The third-order valence-electron chi connectivity index (χ3n) is 3.47. The van der Waals surface area contributed by atoms with Gasteiger partial charge in [0.1, 0.15) is 0 Å². The van der Waals surface area contributed by atoms with Crippen molar-refractivity contribution in [2.24, 2.45) is 0 Å². The molecule has 1 fully saturated rings. The van der Waals surface area contributed by atoms with Crippen LogP contribution in [0.3, 0.4) is 0 Å². The lowest BCUT2D eigenvalue weighted by Gasteiger charge is -2.30. The molecule has 0 spiro atoms. The molecule has 1 aliphatic heterocycles. The summed E-state index contributed by atoms with van der Waals surface area (Å²) >= 11 is 5.72. The Kier molecular flexibility index (Phi) is 6.06. The summed E-state index contributed by atoms with van der Waals surface area (Å²) in [5.74, 6) is 1.34. The van der Waals surface area contributed by atoms with Crippen molar-refractivity contribution in [1.29, 1.82) is 0 Å². The smallest absolute Gasteiger partial charge is 0.0226 e. The molecule has 2 atom stereocenters. The van der Waals surface area contributed by atoms with Gasteiger partial charge in [0, 0.05) is 15.8 Å². The van der Waals surface area contributed by atoms with Gasteiger partial charge in [-0.3, -0.25) is 0 Å². The molecule has 1 aromatic carbocycles. The summed E-state index contributed by atoms with van der Waals surface area (Å²) in [6.45, 7) is 3.27. The van der Waals surface area contributed by atoms with Crippen LogP contribution in [-0.2, 0) is 6.42 Å². The van der Waals surface area contributed by atoms with Gasteiger partial charge in [-0.25, -0.2) is 0 Å². The van der Waals surface area contributed by atoms with Crippen LogP contribution in [0, 0.1) is 0 Å². The minimum Gasteiger partial charge on any atom is -0.313 e. The molecule has 0 radical (unpaired) electrons. The zero-order chi connectivity index (χ0) is 12.8. The van der Waals surface area contributed by atoms with Crippen molar-refractivity contribution < 1.29 is 0 Å². The van der Waals surface area contributed by atoms with Gasteiger partial charge < -0.3 is 5.32 Å². The van der Waals surface area contributed by atoms with Crippen molar-refractivity contribution in [1.82, 2.24) is 5.32 Å². The predicted octanol–water partition coefficient (Wildman–Crippen LogP) is 4.26. The fourth-order valence-electron chi connectivity index (χ4n) is 2.60. The number of likely N-dealkylation sites (N-methyl/N-ethyl adjacent to an activating group) is 1. The van der Waals surface area contributed by atoms with Gasteiger partial charge in [-0.2, -0.15) is 11.8 Å². The number of thioether (sulfide) groups is 1. The molecule has 0 aromatic heterocycles. The summed E-state index contributed by atoms with van der Waals surface area (Å²) in [7, 11) is 0. The molecule has 1 saturated heterocycles. The summed E-state index contributed by atoms with van der Waals surface area (Å²) in [5, 5.41) is 4.47. The summed E-state index contributed by atoms with van der Waals surface area (Å²) in [5.41, 5.74) is 1.43. The fraction of sp³-hybridized carbons (Fsp3) is 0.600. The van der Waals surface area contributed by atoms with Gasteiger partial charge in [0.15, 0.2) is 0 Å². The Morgan fingerprint density at radius 1 is 1.44 bits per heavy atom. The Bertz CT molecular complexity index is 363. The van der Waals surface area contributed by atoms with Crippen LogP contribution in [0.25, 0.3) is 0 Å². The molecule has 1 heterocycles. The first-order valence-corrected chi connectivity index (χ1v) is 8.73. The quantitative estimate of drug-likeness (QED) is 0.867. The van der Waals surface area contributed by atoms with E-state index in [0.29, 0.717) is 6.04 Å². The van der Waals surface area contributed by atoms with E-state index < -0.39 is 0 Å². The maximum absolute atomic E-state index is 3.68. The van der Waals surface area contributed by atoms with E-state index in [1.165, 1.54) is 35.1 Å². The average molecular weight is 328 g/mol. The minimum absolute atomic E-state index is 0.620. The van der Waals surface area contributed by atoms with Crippen molar-refractivity contribution in [3.63, 3.8) is 0 Å². The highest BCUT2D eigenvalue weighted by Crippen LogP contribution is 2.29. The normalized spacial score (nSPS) is 21.8. The summed E-state index contributed by atoms with van der Waals surface area (Å²) in [6, 6.07) is 9.34. The van der Waals surface area contributed by atoms with Gasteiger partial charge in [0.05, 0.1) is 0 Å². The number of rotatable bonds is 5. The summed E-state index contributed by atoms with van der Waals surface area (Å²) < 4.78 is 1.19. The maximum Gasteiger partial charge on any atom is 0.0226 e. The van der Waals surface area contributed by atoms with Crippen LogP contribution in [0.4, 0.5) is 0 Å². The molecule has 0 amide bonds. The molecule has 100 valence electrons. The van der Waals surface area contributed by atoms with Crippen LogP contribution in [0.2, 0.25) is 0 Å². The first-order valence-electron chi connectivity index (χ1n) is 6.89. The topological polar surface area (TPSA) is 12.0 Å². The van der Waals surface area contributed by atoms with Gasteiger partial charge >= 0.3 is 0 Å². The minimum atomic E-state index is 0.620. The summed E-state index contributed by atoms with van der Waals surface area (Å²) in [4.78, 5) is 0. The second-order valence-electron chi connectivity index (χ2n) is 4.90. The van der Waals surface area contributed by atoms with Crippen molar-refractivity contribution in [2.75, 3.05) is 12.3 Å². The van der Waals surface area contributed by atoms with Gasteiger partial charge in [-0.05, 0) is 49.3 Å². The standard InChI is InChI=1S/C15H22BrNS/c1-2-17-14(15-8-3-4-9-18-15)11-12-6-5-7-13(16)10-12/h5-7,10,14-15,17H,2-4,8-9,11H2,1H3. The highest BCUT2D eigenvalue weighted by Gasteiger charge is 2.23. The Morgan fingerprint density at radius 3 is 3.00 bits per heavy atom. The maximum atomic E-state index is 3.68. The van der Waals surface area contributed by atoms with Crippen LogP contribution < -0.4 is 5.32 Å². The van der Waals surface area contributed by atoms with E-state index in [2.05, 4.69) is 64.2 Å². The number of nitrogens with one attached hydrogen (secondary N) is 1. The molecule has 0 aliphatic carbocycles. The van der Waals surface area contributed by atoms with E-state index >= 15 is 0 Å². The third kappa shape index (κ3) is 4.29. The second kappa shape index (κ2) is 7.56. The highest BCUT2D eigenvalue weighted by atomic mass is 79.9. The van der Waals surface area contributed by atoms with Crippen LogP contribution in [-0.4, -0.2) is 23.6 Å². The van der Waals surface area contributed by atoms with Crippen LogP contribution in [0.15, 0.2) is 28.7 Å². The zero-order valence-corrected chi connectivity index (χ0v) is 13.4. The van der Waals surface area contributed by atoms with E-state index in [4.69, 9.17) is 0 Å². The zero-order valence-electron chi connectivity index (χ0n) is 11.0. The molecule has 1 aromatic rings. The Morgan fingerprint density at radius 2 is 2.33 bits per heavy atom. The van der Waals surface area contributed by atoms with Gasteiger partial charge in [-0.1, -0.05) is 41.4 Å². The average Bonchev–Trinajstić information content (AvgIpc) is 2.39. The van der Waals surface area contributed by atoms with E-state index in [-0.39, 0.29) is 0 Å². The number of hydrogen-bond acceptors (Lipinski definition) is 2. The Hall–Kier alpha value is 0.01000. The fourth-order valence-corrected chi connectivity index (χ4v) is 4.48. The molecule has 0 saturated carbocycles. The Labute approximate surface area is 123 Å². The highest BCUT2D eigenvalue weighted by molar-refractivity contribution is 9.10. The van der Waals surface area contributed by atoms with Crippen molar-refractivity contribution in [3.8, 4) is 0 Å². The molecule has 2 rings (SSSR count). The summed E-state index contributed by atoms with van der Waals surface area (Å²) in [6.07, 6.45) is 5.32. The number of halogens is 1. The van der Waals surface area contributed by atoms with Gasteiger partial charge in [0.2, 0.25) is 0 Å².